The SMILES string of the molecule is CC(C)(C)c1ccc(N2CCC(N3CCNCC3)CC2)cc1. The summed E-state index contributed by atoms with van der Waals surface area (Å²) in [7, 11) is 0. The smallest absolute Gasteiger partial charge is 0.0366 e. The lowest BCUT2D eigenvalue weighted by atomic mass is 9.87. The topological polar surface area (TPSA) is 18.5 Å². The summed E-state index contributed by atoms with van der Waals surface area (Å²) in [6, 6.07) is 10.0. The Morgan fingerprint density at radius 3 is 2.05 bits per heavy atom. The van der Waals surface area contributed by atoms with Crippen molar-refractivity contribution in [3.8, 4) is 0 Å². The lowest BCUT2D eigenvalue weighted by molar-refractivity contribution is 0.150. The standard InChI is InChI=1S/C19H31N3/c1-19(2,3)16-4-6-17(7-5-16)21-12-8-18(9-13-21)22-14-10-20-11-15-22/h4-7,18,20H,8-15H2,1-3H3. The van der Waals surface area contributed by atoms with Gasteiger partial charge in [0.05, 0.1) is 0 Å². The molecular formula is C19H31N3. The van der Waals surface area contributed by atoms with Crippen molar-refractivity contribution < 1.29 is 0 Å². The number of piperazine rings is 1. The van der Waals surface area contributed by atoms with Gasteiger partial charge in [0.1, 0.15) is 0 Å². The van der Waals surface area contributed by atoms with Crippen LogP contribution in [0.1, 0.15) is 39.2 Å². The molecule has 0 spiro atoms. The van der Waals surface area contributed by atoms with Gasteiger partial charge in [-0.25, -0.2) is 0 Å². The summed E-state index contributed by atoms with van der Waals surface area (Å²) in [6.07, 6.45) is 2.61. The van der Waals surface area contributed by atoms with Crippen LogP contribution in [0.25, 0.3) is 0 Å². The van der Waals surface area contributed by atoms with Crippen LogP contribution in [0.15, 0.2) is 24.3 Å². The Labute approximate surface area is 135 Å². The first kappa shape index (κ1) is 15.8. The van der Waals surface area contributed by atoms with Crippen molar-refractivity contribution in [3.63, 3.8) is 0 Å². The molecule has 2 heterocycles. The van der Waals surface area contributed by atoms with E-state index in [1.165, 1.54) is 50.3 Å². The minimum Gasteiger partial charge on any atom is -0.371 e. The van der Waals surface area contributed by atoms with Crippen molar-refractivity contribution in [1.82, 2.24) is 10.2 Å². The number of rotatable bonds is 2. The van der Waals surface area contributed by atoms with Crippen LogP contribution in [0.3, 0.4) is 0 Å². The minimum atomic E-state index is 0.244. The molecule has 0 unspecified atom stereocenters. The van der Waals surface area contributed by atoms with Gasteiger partial charge in [-0.05, 0) is 36.0 Å². The Bertz CT molecular complexity index is 460. The highest BCUT2D eigenvalue weighted by atomic mass is 15.2. The molecule has 0 atom stereocenters. The van der Waals surface area contributed by atoms with Crippen molar-refractivity contribution in [2.75, 3.05) is 44.2 Å². The van der Waals surface area contributed by atoms with Crippen molar-refractivity contribution in [2.45, 2.75) is 45.1 Å². The fourth-order valence-corrected chi connectivity index (χ4v) is 3.71. The van der Waals surface area contributed by atoms with Gasteiger partial charge in [-0.1, -0.05) is 32.9 Å². The molecule has 3 nitrogen and oxygen atoms in total. The summed E-state index contributed by atoms with van der Waals surface area (Å²) in [5.41, 5.74) is 3.06. The van der Waals surface area contributed by atoms with Crippen LogP contribution in [0, 0.1) is 0 Å². The van der Waals surface area contributed by atoms with E-state index in [9.17, 15) is 0 Å². The molecule has 122 valence electrons. The number of hydrogen-bond donors (Lipinski definition) is 1. The highest BCUT2D eigenvalue weighted by molar-refractivity contribution is 5.49. The van der Waals surface area contributed by atoms with Crippen LogP contribution < -0.4 is 10.2 Å². The minimum absolute atomic E-state index is 0.244. The quantitative estimate of drug-likeness (QED) is 0.906. The molecule has 1 N–H and O–H groups in total. The van der Waals surface area contributed by atoms with Crippen molar-refractivity contribution in [1.29, 1.82) is 0 Å². The molecule has 2 saturated heterocycles. The van der Waals surface area contributed by atoms with Crippen LogP contribution in [-0.2, 0) is 5.41 Å². The second-order valence-electron chi connectivity index (χ2n) is 7.80. The summed E-state index contributed by atoms with van der Waals surface area (Å²) >= 11 is 0. The predicted octanol–water partition coefficient (Wildman–Crippen LogP) is 2.86. The highest BCUT2D eigenvalue weighted by Crippen LogP contribution is 2.27. The molecule has 2 fully saturated rings. The number of anilines is 1. The molecule has 0 amide bonds. The zero-order valence-electron chi connectivity index (χ0n) is 14.4. The molecule has 0 bridgehead atoms. The zero-order chi connectivity index (χ0) is 15.6. The Hall–Kier alpha value is -1.06. The first-order chi connectivity index (χ1) is 10.5. The van der Waals surface area contributed by atoms with E-state index < -0.39 is 0 Å². The van der Waals surface area contributed by atoms with Crippen LogP contribution >= 0.6 is 0 Å². The predicted molar refractivity (Wildman–Crippen MR) is 94.8 cm³/mol. The first-order valence-corrected chi connectivity index (χ1v) is 8.84. The van der Waals surface area contributed by atoms with Gasteiger partial charge in [0.25, 0.3) is 0 Å². The van der Waals surface area contributed by atoms with Gasteiger partial charge in [0.15, 0.2) is 0 Å². The average molecular weight is 301 g/mol. The third-order valence-electron chi connectivity index (χ3n) is 5.23. The monoisotopic (exact) mass is 301 g/mol. The molecule has 2 aliphatic rings. The van der Waals surface area contributed by atoms with Crippen molar-refractivity contribution in [2.24, 2.45) is 0 Å². The molecule has 2 aliphatic heterocycles. The number of hydrogen-bond acceptors (Lipinski definition) is 3. The van der Waals surface area contributed by atoms with E-state index in [2.05, 4.69) is 60.2 Å². The maximum atomic E-state index is 3.45. The molecule has 1 aromatic rings. The van der Waals surface area contributed by atoms with Gasteiger partial charge in [0, 0.05) is 51.0 Å². The highest BCUT2D eigenvalue weighted by Gasteiger charge is 2.25. The number of nitrogens with zero attached hydrogens (tertiary/aromatic N) is 2. The number of benzene rings is 1. The Morgan fingerprint density at radius 1 is 0.909 bits per heavy atom. The Balaban J connectivity index is 1.57. The van der Waals surface area contributed by atoms with E-state index in [1.807, 2.05) is 0 Å². The maximum Gasteiger partial charge on any atom is 0.0366 e. The summed E-state index contributed by atoms with van der Waals surface area (Å²) in [5.74, 6) is 0. The third-order valence-corrected chi connectivity index (χ3v) is 5.23. The normalized spacial score (nSPS) is 22.0. The molecule has 0 radical (unpaired) electrons. The van der Waals surface area contributed by atoms with E-state index in [0.717, 1.165) is 19.1 Å². The van der Waals surface area contributed by atoms with E-state index in [1.54, 1.807) is 0 Å². The van der Waals surface area contributed by atoms with E-state index in [4.69, 9.17) is 0 Å². The van der Waals surface area contributed by atoms with Crippen molar-refractivity contribution >= 4 is 5.69 Å². The van der Waals surface area contributed by atoms with Gasteiger partial charge in [0.2, 0.25) is 0 Å². The molecular weight excluding hydrogens is 270 g/mol. The lowest BCUT2D eigenvalue weighted by Gasteiger charge is -2.41. The Morgan fingerprint density at radius 2 is 1.50 bits per heavy atom. The van der Waals surface area contributed by atoms with Gasteiger partial charge < -0.3 is 10.2 Å². The molecule has 22 heavy (non-hydrogen) atoms. The fraction of sp³-hybridized carbons (Fsp3) is 0.684. The van der Waals surface area contributed by atoms with E-state index in [-0.39, 0.29) is 5.41 Å². The average Bonchev–Trinajstić information content (AvgIpc) is 2.55. The van der Waals surface area contributed by atoms with Crippen molar-refractivity contribution in [3.05, 3.63) is 29.8 Å². The second kappa shape index (κ2) is 6.59. The van der Waals surface area contributed by atoms with Gasteiger partial charge in [-0.3, -0.25) is 4.90 Å². The molecule has 1 aromatic carbocycles. The van der Waals surface area contributed by atoms with Gasteiger partial charge in [-0.2, -0.15) is 0 Å². The Kier molecular flexibility index (Phi) is 4.74. The van der Waals surface area contributed by atoms with E-state index in [0.29, 0.717) is 0 Å². The summed E-state index contributed by atoms with van der Waals surface area (Å²) in [5, 5.41) is 3.45. The zero-order valence-corrected chi connectivity index (χ0v) is 14.4. The fourth-order valence-electron chi connectivity index (χ4n) is 3.71. The summed E-state index contributed by atoms with van der Waals surface area (Å²) in [6.45, 7) is 14.0. The second-order valence-corrected chi connectivity index (χ2v) is 7.80. The lowest BCUT2D eigenvalue weighted by Crippen LogP contribution is -2.52. The summed E-state index contributed by atoms with van der Waals surface area (Å²) < 4.78 is 0. The number of piperidine rings is 1. The third kappa shape index (κ3) is 3.64. The van der Waals surface area contributed by atoms with Crippen LogP contribution in [0.2, 0.25) is 0 Å². The number of nitrogens with one attached hydrogen (secondary N) is 1. The van der Waals surface area contributed by atoms with Gasteiger partial charge in [-0.15, -0.1) is 0 Å². The molecule has 3 rings (SSSR count). The molecule has 0 aliphatic carbocycles. The van der Waals surface area contributed by atoms with Gasteiger partial charge >= 0.3 is 0 Å². The van der Waals surface area contributed by atoms with E-state index >= 15 is 0 Å². The maximum absolute atomic E-state index is 3.45. The van der Waals surface area contributed by atoms with Crippen LogP contribution in [0.4, 0.5) is 5.69 Å². The molecule has 3 heteroatoms. The van der Waals surface area contributed by atoms with Crippen LogP contribution in [0.5, 0.6) is 0 Å². The summed E-state index contributed by atoms with van der Waals surface area (Å²) in [4.78, 5) is 5.25. The first-order valence-electron chi connectivity index (χ1n) is 8.84. The molecule has 0 saturated carbocycles. The largest absolute Gasteiger partial charge is 0.371 e. The van der Waals surface area contributed by atoms with Crippen LogP contribution in [-0.4, -0.2) is 50.2 Å². The molecule has 0 aromatic heterocycles.